The van der Waals surface area contributed by atoms with E-state index in [1.807, 2.05) is 31.4 Å². The lowest BCUT2D eigenvalue weighted by Crippen LogP contribution is -2.24. The Hall–Kier alpha value is -1.90. The van der Waals surface area contributed by atoms with Gasteiger partial charge in [-0.1, -0.05) is 18.9 Å². The fourth-order valence-corrected chi connectivity index (χ4v) is 4.42. The van der Waals surface area contributed by atoms with E-state index in [2.05, 4.69) is 10.9 Å². The molecule has 0 saturated carbocycles. The monoisotopic (exact) mass is 314 g/mol. The van der Waals surface area contributed by atoms with E-state index in [1.165, 1.54) is 0 Å². The molecule has 0 aliphatic heterocycles. The molecule has 3 nitrogen and oxygen atoms in total. The van der Waals surface area contributed by atoms with Gasteiger partial charge in [0.2, 0.25) is 0 Å². The van der Waals surface area contributed by atoms with Crippen molar-refractivity contribution < 1.29 is 0 Å². The second kappa shape index (κ2) is 5.47. The third-order valence-corrected chi connectivity index (χ3v) is 5.29. The molecule has 0 spiro atoms. The minimum atomic E-state index is -0.0254. The second-order valence-electron chi connectivity index (χ2n) is 4.67. The minimum absolute atomic E-state index is 0.0254. The van der Waals surface area contributed by atoms with E-state index in [4.69, 9.17) is 6.42 Å². The molecule has 0 radical (unpaired) electrons. The van der Waals surface area contributed by atoms with E-state index in [0.717, 1.165) is 26.0 Å². The zero-order valence-electron chi connectivity index (χ0n) is 11.8. The van der Waals surface area contributed by atoms with Crippen molar-refractivity contribution in [2.75, 3.05) is 0 Å². The molecule has 0 aromatic carbocycles. The molecule has 0 bridgehead atoms. The first-order valence-corrected chi connectivity index (χ1v) is 8.37. The van der Waals surface area contributed by atoms with Gasteiger partial charge in [-0.2, -0.15) is 0 Å². The molecular weight excluding hydrogens is 300 g/mol. The molecular formula is C16H14N2OS2. The van der Waals surface area contributed by atoms with Crippen LogP contribution in [-0.4, -0.2) is 9.55 Å². The molecule has 106 valence electrons. The highest BCUT2D eigenvalue weighted by molar-refractivity contribution is 7.20. The lowest BCUT2D eigenvalue weighted by atomic mass is 10.1. The zero-order chi connectivity index (χ0) is 15.0. The molecule has 21 heavy (non-hydrogen) atoms. The number of hydrogen-bond donors (Lipinski definition) is 0. The largest absolute Gasteiger partial charge is 0.284 e. The summed E-state index contributed by atoms with van der Waals surface area (Å²) in [4.78, 5) is 20.6. The minimum Gasteiger partial charge on any atom is -0.284 e. The average molecular weight is 314 g/mol. The van der Waals surface area contributed by atoms with Crippen molar-refractivity contribution in [1.82, 2.24) is 9.55 Å². The molecule has 3 aromatic rings. The van der Waals surface area contributed by atoms with Gasteiger partial charge in [0.15, 0.2) is 0 Å². The molecule has 0 atom stereocenters. The van der Waals surface area contributed by atoms with Crippen LogP contribution in [0.4, 0.5) is 0 Å². The lowest BCUT2D eigenvalue weighted by Gasteiger charge is -2.08. The zero-order valence-corrected chi connectivity index (χ0v) is 13.5. The highest BCUT2D eigenvalue weighted by Crippen LogP contribution is 2.37. The van der Waals surface area contributed by atoms with Gasteiger partial charge in [0.25, 0.3) is 5.56 Å². The van der Waals surface area contributed by atoms with Crippen LogP contribution in [-0.2, 0) is 13.0 Å². The fourth-order valence-electron chi connectivity index (χ4n) is 2.48. The Morgan fingerprint density at radius 2 is 2.29 bits per heavy atom. The number of aromatic nitrogens is 2. The van der Waals surface area contributed by atoms with E-state index in [9.17, 15) is 4.79 Å². The number of hydrogen-bond acceptors (Lipinski definition) is 4. The average Bonchev–Trinajstić information content (AvgIpc) is 3.08. The van der Waals surface area contributed by atoms with Crippen molar-refractivity contribution >= 4 is 32.9 Å². The summed E-state index contributed by atoms with van der Waals surface area (Å²) >= 11 is 3.22. The molecule has 3 heterocycles. The number of terminal acetylenes is 1. The summed E-state index contributed by atoms with van der Waals surface area (Å²) in [5.74, 6) is 3.31. The van der Waals surface area contributed by atoms with Crippen LogP contribution >= 0.6 is 22.7 Å². The highest BCUT2D eigenvalue weighted by Gasteiger charge is 2.19. The van der Waals surface area contributed by atoms with Crippen LogP contribution in [0.15, 0.2) is 22.3 Å². The van der Waals surface area contributed by atoms with Crippen molar-refractivity contribution in [2.24, 2.45) is 0 Å². The standard InChI is InChI=1S/C16H14N2OS2/c1-4-8-18-12(5-2)17-15-14(16(18)19)13(10(3)21-15)11-7-6-9-20-11/h1,6-7,9H,5,8H2,2-3H3. The van der Waals surface area contributed by atoms with Crippen LogP contribution in [0.2, 0.25) is 0 Å². The lowest BCUT2D eigenvalue weighted by molar-refractivity contribution is 0.712. The predicted octanol–water partition coefficient (Wildman–Crippen LogP) is 3.69. The summed E-state index contributed by atoms with van der Waals surface area (Å²) in [6.45, 7) is 4.29. The maximum absolute atomic E-state index is 12.9. The van der Waals surface area contributed by atoms with Gasteiger partial charge in [0, 0.05) is 21.7 Å². The van der Waals surface area contributed by atoms with Crippen molar-refractivity contribution in [2.45, 2.75) is 26.8 Å². The smallest absolute Gasteiger partial charge is 0.263 e. The highest BCUT2D eigenvalue weighted by atomic mass is 32.1. The van der Waals surface area contributed by atoms with Gasteiger partial charge in [0.1, 0.15) is 10.7 Å². The molecule has 0 amide bonds. The predicted molar refractivity (Wildman–Crippen MR) is 90.1 cm³/mol. The Balaban J connectivity index is 2.42. The van der Waals surface area contributed by atoms with Gasteiger partial charge in [-0.3, -0.25) is 9.36 Å². The van der Waals surface area contributed by atoms with E-state index in [0.29, 0.717) is 11.8 Å². The van der Waals surface area contributed by atoms with E-state index in [1.54, 1.807) is 27.2 Å². The summed E-state index contributed by atoms with van der Waals surface area (Å²) in [7, 11) is 0. The molecule has 0 aliphatic carbocycles. The topological polar surface area (TPSA) is 34.9 Å². The van der Waals surface area contributed by atoms with Crippen molar-refractivity contribution in [1.29, 1.82) is 0 Å². The third kappa shape index (κ3) is 2.21. The van der Waals surface area contributed by atoms with E-state index in [-0.39, 0.29) is 12.1 Å². The molecule has 3 aromatic heterocycles. The first-order chi connectivity index (χ1) is 10.2. The maximum Gasteiger partial charge on any atom is 0.263 e. The van der Waals surface area contributed by atoms with Crippen LogP contribution in [0.25, 0.3) is 20.7 Å². The van der Waals surface area contributed by atoms with Crippen LogP contribution < -0.4 is 5.56 Å². The summed E-state index contributed by atoms with van der Waals surface area (Å²) in [6, 6.07) is 4.04. The molecule has 0 N–H and O–H groups in total. The normalized spacial score (nSPS) is 10.9. The van der Waals surface area contributed by atoms with Gasteiger partial charge in [-0.15, -0.1) is 29.1 Å². The number of nitrogens with zero attached hydrogens (tertiary/aromatic N) is 2. The number of thiophene rings is 2. The summed E-state index contributed by atoms with van der Waals surface area (Å²) in [6.07, 6.45) is 6.09. The van der Waals surface area contributed by atoms with Crippen LogP contribution in [0.5, 0.6) is 0 Å². The van der Waals surface area contributed by atoms with Crippen LogP contribution in [0, 0.1) is 19.3 Å². The van der Waals surface area contributed by atoms with Crippen LogP contribution in [0.3, 0.4) is 0 Å². The Bertz CT molecular complexity index is 895. The summed E-state index contributed by atoms with van der Waals surface area (Å²) in [5.41, 5.74) is 0.985. The Morgan fingerprint density at radius 1 is 1.48 bits per heavy atom. The van der Waals surface area contributed by atoms with Crippen LogP contribution in [0.1, 0.15) is 17.6 Å². The van der Waals surface area contributed by atoms with Crippen molar-refractivity contribution in [3.05, 3.63) is 38.6 Å². The van der Waals surface area contributed by atoms with Gasteiger partial charge >= 0.3 is 0 Å². The maximum atomic E-state index is 12.9. The number of rotatable bonds is 3. The summed E-state index contributed by atoms with van der Waals surface area (Å²) < 4.78 is 1.62. The van der Waals surface area contributed by atoms with E-state index >= 15 is 0 Å². The SMILES string of the molecule is C#CCn1c(CC)nc2sc(C)c(-c3cccs3)c2c1=O. The Morgan fingerprint density at radius 3 is 2.90 bits per heavy atom. The first-order valence-electron chi connectivity index (χ1n) is 6.67. The summed E-state index contributed by atoms with van der Waals surface area (Å²) in [5, 5.41) is 2.72. The first kappa shape index (κ1) is 14.1. The number of aryl methyl sites for hydroxylation is 2. The van der Waals surface area contributed by atoms with Crippen molar-refractivity contribution in [3.8, 4) is 22.8 Å². The molecule has 0 fully saturated rings. The van der Waals surface area contributed by atoms with Crippen molar-refractivity contribution in [3.63, 3.8) is 0 Å². The Labute approximate surface area is 130 Å². The number of fused-ring (bicyclic) bond motifs is 1. The van der Waals surface area contributed by atoms with Gasteiger partial charge < -0.3 is 0 Å². The fraction of sp³-hybridized carbons (Fsp3) is 0.250. The molecule has 0 aliphatic rings. The third-order valence-electron chi connectivity index (χ3n) is 3.40. The Kier molecular flexibility index (Phi) is 3.66. The molecule has 0 unspecified atom stereocenters. The van der Waals surface area contributed by atoms with Gasteiger partial charge in [-0.05, 0) is 18.4 Å². The van der Waals surface area contributed by atoms with Gasteiger partial charge in [-0.25, -0.2) is 4.98 Å². The van der Waals surface area contributed by atoms with E-state index < -0.39 is 0 Å². The quantitative estimate of drug-likeness (QED) is 0.691. The van der Waals surface area contributed by atoms with Gasteiger partial charge in [0.05, 0.1) is 11.9 Å². The molecule has 0 saturated heterocycles. The molecule has 3 rings (SSSR count). The second-order valence-corrected chi connectivity index (χ2v) is 6.82. The molecule has 5 heteroatoms.